The quantitative estimate of drug-likeness (QED) is 0.222. The van der Waals surface area contributed by atoms with Crippen molar-refractivity contribution in [1.29, 1.82) is 0 Å². The number of carboxylic acids is 2. The number of hydrogen-bond donors (Lipinski definition) is 6. The number of carboxylic acid groups (broad SMARTS) is 2. The van der Waals surface area contributed by atoms with Gasteiger partial charge in [-0.3, -0.25) is 14.4 Å². The fourth-order valence-electron chi connectivity index (χ4n) is 2.30. The molecule has 0 radical (unpaired) electrons. The Labute approximate surface area is 152 Å². The Morgan fingerprint density at radius 1 is 0.962 bits per heavy atom. The Bertz CT molecular complexity index is 497. The van der Waals surface area contributed by atoms with Crippen molar-refractivity contribution in [3.05, 3.63) is 0 Å². The molecular weight excluding hydrogens is 344 g/mol. The lowest BCUT2D eigenvalue weighted by Gasteiger charge is -2.23. The smallest absolute Gasteiger partial charge is 0.326 e. The molecule has 3 atom stereocenters. The Balaban J connectivity index is 5.02. The topological polar surface area (TPSA) is 185 Å². The molecule has 2 amide bonds. The SMILES string of the molecule is CC(C)CC(N)C(=O)NC(CCCCN)C(=O)NC(CC(=O)O)C(=O)O. The third kappa shape index (κ3) is 9.94. The number of aliphatic carboxylic acids is 2. The van der Waals surface area contributed by atoms with Crippen molar-refractivity contribution in [2.45, 2.75) is 64.1 Å². The zero-order valence-electron chi connectivity index (χ0n) is 15.2. The molecule has 26 heavy (non-hydrogen) atoms. The number of unbranched alkanes of at least 4 members (excludes halogenated alkanes) is 1. The van der Waals surface area contributed by atoms with Crippen LogP contribution in [0.1, 0.15) is 46.0 Å². The zero-order valence-corrected chi connectivity index (χ0v) is 15.2. The molecule has 0 saturated carbocycles. The third-order valence-electron chi connectivity index (χ3n) is 3.64. The highest BCUT2D eigenvalue weighted by Gasteiger charge is 2.29. The van der Waals surface area contributed by atoms with Crippen molar-refractivity contribution in [3.63, 3.8) is 0 Å². The van der Waals surface area contributed by atoms with Crippen LogP contribution in [0.5, 0.6) is 0 Å². The van der Waals surface area contributed by atoms with Crippen LogP contribution < -0.4 is 22.1 Å². The van der Waals surface area contributed by atoms with E-state index in [0.29, 0.717) is 25.8 Å². The number of nitrogens with one attached hydrogen (secondary N) is 2. The van der Waals surface area contributed by atoms with E-state index < -0.39 is 48.3 Å². The molecule has 10 nitrogen and oxygen atoms in total. The molecule has 0 aliphatic carbocycles. The molecule has 8 N–H and O–H groups in total. The molecule has 3 unspecified atom stereocenters. The van der Waals surface area contributed by atoms with E-state index in [2.05, 4.69) is 10.6 Å². The average Bonchev–Trinajstić information content (AvgIpc) is 2.51. The number of amides is 2. The monoisotopic (exact) mass is 374 g/mol. The predicted octanol–water partition coefficient (Wildman–Crippen LogP) is -0.982. The molecule has 150 valence electrons. The van der Waals surface area contributed by atoms with E-state index in [0.717, 1.165) is 0 Å². The second-order valence-corrected chi connectivity index (χ2v) is 6.58. The molecule has 10 heteroatoms. The number of carbonyl (C=O) groups is 4. The summed E-state index contributed by atoms with van der Waals surface area (Å²) in [5, 5.41) is 22.5. The lowest BCUT2D eigenvalue weighted by Crippen LogP contribution is -2.54. The molecule has 0 aromatic carbocycles. The van der Waals surface area contributed by atoms with Gasteiger partial charge in [-0.2, -0.15) is 0 Å². The molecular formula is C16H30N4O6. The van der Waals surface area contributed by atoms with Crippen LogP contribution in [0.15, 0.2) is 0 Å². The molecule has 0 saturated heterocycles. The first-order valence-corrected chi connectivity index (χ1v) is 8.59. The highest BCUT2D eigenvalue weighted by Crippen LogP contribution is 2.06. The molecule has 0 aromatic rings. The molecule has 0 aliphatic heterocycles. The van der Waals surface area contributed by atoms with Gasteiger partial charge in [-0.05, 0) is 38.1 Å². The van der Waals surface area contributed by atoms with Crippen molar-refractivity contribution in [2.24, 2.45) is 17.4 Å². The maximum Gasteiger partial charge on any atom is 0.326 e. The number of rotatable bonds is 13. The highest BCUT2D eigenvalue weighted by atomic mass is 16.4. The first kappa shape index (κ1) is 23.8. The lowest BCUT2D eigenvalue weighted by atomic mass is 10.0. The maximum absolute atomic E-state index is 12.4. The molecule has 0 aliphatic rings. The van der Waals surface area contributed by atoms with Gasteiger partial charge in [-0.15, -0.1) is 0 Å². The summed E-state index contributed by atoms with van der Waals surface area (Å²) in [6, 6.07) is -3.39. The minimum absolute atomic E-state index is 0.187. The van der Waals surface area contributed by atoms with Gasteiger partial charge in [0.15, 0.2) is 0 Å². The summed E-state index contributed by atoms with van der Waals surface area (Å²) in [5.74, 6) is -3.92. The van der Waals surface area contributed by atoms with Gasteiger partial charge in [-0.25, -0.2) is 4.79 Å². The number of hydrogen-bond acceptors (Lipinski definition) is 6. The zero-order chi connectivity index (χ0) is 20.3. The van der Waals surface area contributed by atoms with Gasteiger partial charge in [0, 0.05) is 0 Å². The van der Waals surface area contributed by atoms with Gasteiger partial charge >= 0.3 is 11.9 Å². The van der Waals surface area contributed by atoms with Gasteiger partial charge in [-0.1, -0.05) is 13.8 Å². The largest absolute Gasteiger partial charge is 0.481 e. The first-order valence-electron chi connectivity index (χ1n) is 8.59. The van der Waals surface area contributed by atoms with E-state index in [4.69, 9.17) is 21.7 Å². The van der Waals surface area contributed by atoms with Crippen molar-refractivity contribution >= 4 is 23.8 Å². The lowest BCUT2D eigenvalue weighted by molar-refractivity contribution is -0.147. The summed E-state index contributed by atoms with van der Waals surface area (Å²) < 4.78 is 0. The summed E-state index contributed by atoms with van der Waals surface area (Å²) in [5.41, 5.74) is 11.2. The summed E-state index contributed by atoms with van der Waals surface area (Å²) in [7, 11) is 0. The van der Waals surface area contributed by atoms with Crippen LogP contribution in [-0.4, -0.2) is 58.6 Å². The molecule has 0 heterocycles. The fourth-order valence-corrected chi connectivity index (χ4v) is 2.30. The van der Waals surface area contributed by atoms with Crippen LogP contribution in [0.25, 0.3) is 0 Å². The molecule has 0 spiro atoms. The Hall–Kier alpha value is -2.20. The normalized spacial score (nSPS) is 14.3. The van der Waals surface area contributed by atoms with Crippen molar-refractivity contribution < 1.29 is 29.4 Å². The summed E-state index contributed by atoms with van der Waals surface area (Å²) in [6.45, 7) is 4.22. The van der Waals surface area contributed by atoms with Crippen LogP contribution in [0.2, 0.25) is 0 Å². The van der Waals surface area contributed by atoms with Gasteiger partial charge in [0.1, 0.15) is 12.1 Å². The van der Waals surface area contributed by atoms with Crippen LogP contribution in [0.4, 0.5) is 0 Å². The van der Waals surface area contributed by atoms with Crippen LogP contribution in [0, 0.1) is 5.92 Å². The van der Waals surface area contributed by atoms with Crippen LogP contribution in [0.3, 0.4) is 0 Å². The van der Waals surface area contributed by atoms with Crippen LogP contribution >= 0.6 is 0 Å². The van der Waals surface area contributed by atoms with Gasteiger partial charge in [0.25, 0.3) is 0 Å². The molecule has 0 bridgehead atoms. The van der Waals surface area contributed by atoms with E-state index in [1.54, 1.807) is 0 Å². The summed E-state index contributed by atoms with van der Waals surface area (Å²) >= 11 is 0. The Kier molecular flexibility index (Phi) is 11.2. The minimum Gasteiger partial charge on any atom is -0.481 e. The van der Waals surface area contributed by atoms with Crippen molar-refractivity contribution in [1.82, 2.24) is 10.6 Å². The Morgan fingerprint density at radius 3 is 2.00 bits per heavy atom. The fraction of sp³-hybridized carbons (Fsp3) is 0.750. The van der Waals surface area contributed by atoms with E-state index in [1.807, 2.05) is 13.8 Å². The molecule has 0 aromatic heterocycles. The summed E-state index contributed by atoms with van der Waals surface area (Å²) in [4.78, 5) is 46.4. The maximum atomic E-state index is 12.4. The van der Waals surface area contributed by atoms with E-state index in [-0.39, 0.29) is 12.3 Å². The predicted molar refractivity (Wildman–Crippen MR) is 94.1 cm³/mol. The second kappa shape index (κ2) is 12.2. The van der Waals surface area contributed by atoms with Gasteiger partial charge in [0.05, 0.1) is 12.5 Å². The molecule has 0 fully saturated rings. The highest BCUT2D eigenvalue weighted by molar-refractivity contribution is 5.92. The van der Waals surface area contributed by atoms with E-state index >= 15 is 0 Å². The molecule has 0 rings (SSSR count). The second-order valence-electron chi connectivity index (χ2n) is 6.58. The van der Waals surface area contributed by atoms with Gasteiger partial charge < -0.3 is 32.3 Å². The first-order chi connectivity index (χ1) is 12.1. The Morgan fingerprint density at radius 2 is 1.54 bits per heavy atom. The van der Waals surface area contributed by atoms with E-state index in [1.165, 1.54) is 0 Å². The van der Waals surface area contributed by atoms with E-state index in [9.17, 15) is 19.2 Å². The standard InChI is InChI=1S/C16H30N4O6/c1-9(2)7-10(18)14(23)19-11(5-3-4-6-17)15(24)20-12(16(25)26)8-13(21)22/h9-12H,3-8,17-18H2,1-2H3,(H,19,23)(H,20,24)(H,21,22)(H,25,26). The number of carbonyl (C=O) groups excluding carboxylic acids is 2. The summed E-state index contributed by atoms with van der Waals surface area (Å²) in [6.07, 6.45) is 1.06. The van der Waals surface area contributed by atoms with Crippen molar-refractivity contribution in [3.8, 4) is 0 Å². The van der Waals surface area contributed by atoms with Crippen LogP contribution in [-0.2, 0) is 19.2 Å². The minimum atomic E-state index is -1.58. The number of nitrogens with two attached hydrogens (primary N) is 2. The average molecular weight is 374 g/mol. The third-order valence-corrected chi connectivity index (χ3v) is 3.64. The van der Waals surface area contributed by atoms with Crippen molar-refractivity contribution in [2.75, 3.05) is 6.54 Å². The van der Waals surface area contributed by atoms with Gasteiger partial charge in [0.2, 0.25) is 11.8 Å².